The minimum absolute atomic E-state index is 0.276. The van der Waals surface area contributed by atoms with Crippen LogP contribution in [0.25, 0.3) is 0 Å². The van der Waals surface area contributed by atoms with E-state index in [0.29, 0.717) is 5.92 Å². The fraction of sp³-hybridized carbons (Fsp3) is 0.692. The van der Waals surface area contributed by atoms with E-state index in [0.717, 1.165) is 44.2 Å². The molecule has 2 unspecified atom stereocenters. The van der Waals surface area contributed by atoms with E-state index in [1.165, 1.54) is 6.42 Å². The highest BCUT2D eigenvalue weighted by molar-refractivity contribution is 5.79. The average Bonchev–Trinajstić information content (AvgIpc) is 2.81. The second-order valence-electron chi connectivity index (χ2n) is 5.34. The van der Waals surface area contributed by atoms with Crippen LogP contribution in [0.2, 0.25) is 0 Å². The Kier molecular flexibility index (Phi) is 2.87. The lowest BCUT2D eigenvalue weighted by molar-refractivity contribution is -0.125. The third-order valence-corrected chi connectivity index (χ3v) is 4.04. The topological polar surface area (TPSA) is 46.9 Å². The molecule has 1 aromatic rings. The maximum absolute atomic E-state index is 11.8. The van der Waals surface area contributed by atoms with Gasteiger partial charge in [0.25, 0.3) is 0 Å². The van der Waals surface area contributed by atoms with Crippen LogP contribution < -0.4 is 5.32 Å². The van der Waals surface area contributed by atoms with E-state index < -0.39 is 0 Å². The second kappa shape index (κ2) is 4.51. The van der Waals surface area contributed by atoms with Crippen molar-refractivity contribution in [3.05, 3.63) is 18.5 Å². The van der Waals surface area contributed by atoms with Crippen LogP contribution in [0.3, 0.4) is 0 Å². The monoisotopic (exact) mass is 233 g/mol. The predicted octanol–water partition coefficient (Wildman–Crippen LogP) is 1.44. The molecule has 0 radical (unpaired) electrons. The maximum atomic E-state index is 11.8. The number of hydrogen-bond acceptors (Lipinski definition) is 2. The van der Waals surface area contributed by atoms with E-state index in [-0.39, 0.29) is 5.91 Å². The number of amides is 1. The van der Waals surface area contributed by atoms with E-state index in [2.05, 4.69) is 10.4 Å². The number of nitrogens with one attached hydrogen (secondary N) is 1. The van der Waals surface area contributed by atoms with Gasteiger partial charge in [-0.05, 0) is 43.6 Å². The van der Waals surface area contributed by atoms with Crippen LogP contribution in [0.5, 0.6) is 0 Å². The van der Waals surface area contributed by atoms with Crippen molar-refractivity contribution in [2.24, 2.45) is 17.8 Å². The van der Waals surface area contributed by atoms with Gasteiger partial charge in [0.15, 0.2) is 0 Å². The highest BCUT2D eigenvalue weighted by atomic mass is 16.1. The summed E-state index contributed by atoms with van der Waals surface area (Å²) < 4.78 is 1.90. The van der Waals surface area contributed by atoms with Crippen LogP contribution in [0.4, 0.5) is 0 Å². The van der Waals surface area contributed by atoms with Gasteiger partial charge in [-0.25, -0.2) is 0 Å². The first-order valence-electron chi connectivity index (χ1n) is 6.58. The SMILES string of the molecule is O=C(NCCCn1cccn1)C1CC2CC2C1. The Morgan fingerprint density at radius 2 is 2.18 bits per heavy atom. The first-order chi connectivity index (χ1) is 8.33. The number of fused-ring (bicyclic) bond motifs is 1. The third-order valence-electron chi connectivity index (χ3n) is 4.04. The molecule has 0 aliphatic heterocycles. The molecule has 17 heavy (non-hydrogen) atoms. The van der Waals surface area contributed by atoms with Crippen LogP contribution in [0, 0.1) is 17.8 Å². The van der Waals surface area contributed by atoms with Gasteiger partial charge in [0.2, 0.25) is 5.91 Å². The molecule has 4 heteroatoms. The molecule has 2 aliphatic rings. The summed E-state index contributed by atoms with van der Waals surface area (Å²) in [6.45, 7) is 1.65. The largest absolute Gasteiger partial charge is 0.356 e. The molecule has 2 aliphatic carbocycles. The Balaban J connectivity index is 1.32. The Morgan fingerprint density at radius 1 is 1.35 bits per heavy atom. The van der Waals surface area contributed by atoms with E-state index in [1.54, 1.807) is 6.20 Å². The van der Waals surface area contributed by atoms with E-state index >= 15 is 0 Å². The lowest BCUT2D eigenvalue weighted by Crippen LogP contribution is -2.31. The molecule has 0 aromatic carbocycles. The first kappa shape index (κ1) is 10.8. The molecular weight excluding hydrogens is 214 g/mol. The Hall–Kier alpha value is -1.32. The highest BCUT2D eigenvalue weighted by Gasteiger charge is 2.47. The second-order valence-corrected chi connectivity index (χ2v) is 5.34. The molecule has 3 rings (SSSR count). The molecule has 0 saturated heterocycles. The van der Waals surface area contributed by atoms with Gasteiger partial charge >= 0.3 is 0 Å². The molecule has 1 aromatic heterocycles. The molecule has 0 bridgehead atoms. The zero-order valence-electron chi connectivity index (χ0n) is 10.0. The molecule has 2 fully saturated rings. The minimum atomic E-state index is 0.276. The van der Waals surface area contributed by atoms with Crippen molar-refractivity contribution in [2.45, 2.75) is 32.2 Å². The van der Waals surface area contributed by atoms with Crippen LogP contribution in [-0.2, 0) is 11.3 Å². The summed E-state index contributed by atoms with van der Waals surface area (Å²) in [5, 5.41) is 7.18. The fourth-order valence-electron chi connectivity index (χ4n) is 2.96. The van der Waals surface area contributed by atoms with Gasteiger partial charge in [-0.2, -0.15) is 5.10 Å². The molecule has 2 atom stereocenters. The quantitative estimate of drug-likeness (QED) is 0.782. The van der Waals surface area contributed by atoms with Crippen molar-refractivity contribution in [1.82, 2.24) is 15.1 Å². The van der Waals surface area contributed by atoms with E-state index in [9.17, 15) is 4.79 Å². The summed E-state index contributed by atoms with van der Waals surface area (Å²) in [4.78, 5) is 11.8. The van der Waals surface area contributed by atoms with Gasteiger partial charge < -0.3 is 5.32 Å². The number of hydrogen-bond donors (Lipinski definition) is 1. The molecule has 1 N–H and O–H groups in total. The van der Waals surface area contributed by atoms with Gasteiger partial charge in [0.1, 0.15) is 0 Å². The van der Waals surface area contributed by atoms with Crippen molar-refractivity contribution in [2.75, 3.05) is 6.54 Å². The summed E-state index contributed by atoms with van der Waals surface area (Å²) in [6, 6.07) is 1.92. The van der Waals surface area contributed by atoms with Crippen molar-refractivity contribution in [3.63, 3.8) is 0 Å². The van der Waals surface area contributed by atoms with Crippen molar-refractivity contribution >= 4 is 5.91 Å². The molecule has 2 saturated carbocycles. The normalized spacial score (nSPS) is 30.0. The zero-order valence-corrected chi connectivity index (χ0v) is 10.0. The summed E-state index contributed by atoms with van der Waals surface area (Å²) in [6.07, 6.45) is 8.33. The van der Waals surface area contributed by atoms with Crippen LogP contribution in [-0.4, -0.2) is 22.2 Å². The maximum Gasteiger partial charge on any atom is 0.223 e. The van der Waals surface area contributed by atoms with Gasteiger partial charge in [-0.3, -0.25) is 9.48 Å². The average molecular weight is 233 g/mol. The number of carbonyl (C=O) groups excluding carboxylic acids is 1. The lowest BCUT2D eigenvalue weighted by atomic mass is 10.0. The number of rotatable bonds is 5. The first-order valence-corrected chi connectivity index (χ1v) is 6.58. The lowest BCUT2D eigenvalue weighted by Gasteiger charge is -2.12. The van der Waals surface area contributed by atoms with Crippen molar-refractivity contribution in [3.8, 4) is 0 Å². The van der Waals surface area contributed by atoms with Gasteiger partial charge in [-0.15, -0.1) is 0 Å². The molecule has 92 valence electrons. The molecule has 4 nitrogen and oxygen atoms in total. The predicted molar refractivity (Wildman–Crippen MR) is 64.2 cm³/mol. The zero-order chi connectivity index (χ0) is 11.7. The molecule has 1 amide bonds. The Labute approximate surface area is 101 Å². The summed E-state index contributed by atoms with van der Waals surface area (Å²) >= 11 is 0. The smallest absolute Gasteiger partial charge is 0.223 e. The van der Waals surface area contributed by atoms with Crippen LogP contribution in [0.1, 0.15) is 25.7 Å². The van der Waals surface area contributed by atoms with E-state index in [1.807, 2.05) is 16.9 Å². The Morgan fingerprint density at radius 3 is 2.88 bits per heavy atom. The van der Waals surface area contributed by atoms with E-state index in [4.69, 9.17) is 0 Å². The van der Waals surface area contributed by atoms with Gasteiger partial charge in [0, 0.05) is 31.4 Å². The Bertz CT molecular complexity index is 377. The summed E-state index contributed by atoms with van der Waals surface area (Å²) in [7, 11) is 0. The van der Waals surface area contributed by atoms with Gasteiger partial charge in [0.05, 0.1) is 0 Å². The van der Waals surface area contributed by atoms with Crippen LogP contribution in [0.15, 0.2) is 18.5 Å². The van der Waals surface area contributed by atoms with Crippen molar-refractivity contribution < 1.29 is 4.79 Å². The van der Waals surface area contributed by atoms with Crippen LogP contribution >= 0.6 is 0 Å². The van der Waals surface area contributed by atoms with Gasteiger partial charge in [-0.1, -0.05) is 0 Å². The number of nitrogens with zero attached hydrogens (tertiary/aromatic N) is 2. The molecule has 1 heterocycles. The minimum Gasteiger partial charge on any atom is -0.356 e. The number of carbonyl (C=O) groups is 1. The molecular formula is C13H19N3O. The highest BCUT2D eigenvalue weighted by Crippen LogP contribution is 2.54. The molecule has 0 spiro atoms. The number of aryl methyl sites for hydroxylation is 1. The fourth-order valence-corrected chi connectivity index (χ4v) is 2.96. The standard InChI is InChI=1S/C13H19N3O/c17-13(12-8-10-7-11(10)9-12)14-3-1-5-16-6-2-4-15-16/h2,4,6,10-12H,1,3,5,7-9H2,(H,14,17). The third kappa shape index (κ3) is 2.51. The van der Waals surface area contributed by atoms with Crippen molar-refractivity contribution in [1.29, 1.82) is 0 Å². The summed E-state index contributed by atoms with van der Waals surface area (Å²) in [5.74, 6) is 2.35. The number of aromatic nitrogens is 2. The summed E-state index contributed by atoms with van der Waals surface area (Å²) in [5.41, 5.74) is 0.